The third-order valence-electron chi connectivity index (χ3n) is 6.00. The molecule has 0 amide bonds. The predicted octanol–water partition coefficient (Wildman–Crippen LogP) is 3.62. The Balaban J connectivity index is 0.000000532. The van der Waals surface area contributed by atoms with Crippen LogP contribution in [-0.2, 0) is 34.8 Å². The highest BCUT2D eigenvalue weighted by Gasteiger charge is 2.38. The second kappa shape index (κ2) is 13.1. The van der Waals surface area contributed by atoms with Gasteiger partial charge in [0.25, 0.3) is 10.0 Å². The number of aromatic nitrogens is 2. The summed E-state index contributed by atoms with van der Waals surface area (Å²) in [5.74, 6) is -1.65. The number of fused-ring (bicyclic) bond motifs is 1. The van der Waals surface area contributed by atoms with Gasteiger partial charge in [-0.05, 0) is 42.1 Å². The van der Waals surface area contributed by atoms with Crippen molar-refractivity contribution in [2.24, 2.45) is 7.05 Å². The highest BCUT2D eigenvalue weighted by Crippen LogP contribution is 2.37. The Morgan fingerprint density at radius 2 is 1.87 bits per heavy atom. The minimum atomic E-state index is -5.08. The van der Waals surface area contributed by atoms with Crippen molar-refractivity contribution in [1.29, 1.82) is 0 Å². The van der Waals surface area contributed by atoms with E-state index in [1.54, 1.807) is 11.6 Å². The van der Waals surface area contributed by atoms with E-state index in [9.17, 15) is 21.6 Å². The summed E-state index contributed by atoms with van der Waals surface area (Å²) in [5.41, 5.74) is 3.28. The van der Waals surface area contributed by atoms with Gasteiger partial charge in [0.1, 0.15) is 12.4 Å². The van der Waals surface area contributed by atoms with Crippen molar-refractivity contribution < 1.29 is 36.2 Å². The minimum Gasteiger partial charge on any atom is -0.492 e. The molecule has 2 aromatic carbocycles. The molecule has 9 nitrogen and oxygen atoms in total. The zero-order valence-electron chi connectivity index (χ0n) is 21.5. The summed E-state index contributed by atoms with van der Waals surface area (Å²) in [6.07, 6.45) is -0.177. The van der Waals surface area contributed by atoms with Crippen molar-refractivity contribution in [2.45, 2.75) is 49.5 Å². The molecule has 2 heterocycles. The Morgan fingerprint density at radius 3 is 2.46 bits per heavy atom. The lowest BCUT2D eigenvalue weighted by atomic mass is 9.83. The average molecular weight is 569 g/mol. The number of alkyl halides is 3. The van der Waals surface area contributed by atoms with Crippen LogP contribution in [0.25, 0.3) is 0 Å². The number of carboxylic acid groups (broad SMARTS) is 1. The summed E-state index contributed by atoms with van der Waals surface area (Å²) in [7, 11) is -1.93. The van der Waals surface area contributed by atoms with E-state index in [0.29, 0.717) is 6.61 Å². The van der Waals surface area contributed by atoms with Crippen LogP contribution in [0, 0.1) is 0 Å². The molecule has 2 atom stereocenters. The van der Waals surface area contributed by atoms with Gasteiger partial charge in [-0.25, -0.2) is 22.9 Å². The molecule has 3 aromatic rings. The molecule has 0 aliphatic carbocycles. The second-order valence-corrected chi connectivity index (χ2v) is 10.8. The molecule has 212 valence electrons. The molecule has 1 aliphatic rings. The van der Waals surface area contributed by atoms with Gasteiger partial charge in [-0.1, -0.05) is 49.4 Å². The van der Waals surface area contributed by atoms with E-state index < -0.39 is 22.2 Å². The number of halogens is 3. The van der Waals surface area contributed by atoms with E-state index in [4.69, 9.17) is 14.6 Å². The van der Waals surface area contributed by atoms with Gasteiger partial charge >= 0.3 is 12.1 Å². The summed E-state index contributed by atoms with van der Waals surface area (Å²) in [5, 5.41) is 10.8. The number of hydrogen-bond donors (Lipinski definition) is 3. The van der Waals surface area contributed by atoms with Crippen LogP contribution < -0.4 is 14.8 Å². The fourth-order valence-corrected chi connectivity index (χ4v) is 5.07. The maximum atomic E-state index is 12.6. The van der Waals surface area contributed by atoms with E-state index in [-0.39, 0.29) is 23.5 Å². The van der Waals surface area contributed by atoms with Crippen LogP contribution in [0.3, 0.4) is 0 Å². The molecule has 0 spiro atoms. The van der Waals surface area contributed by atoms with Crippen molar-refractivity contribution >= 4 is 16.0 Å². The number of benzene rings is 2. The molecule has 13 heteroatoms. The number of hydrogen-bond acceptors (Lipinski definition) is 6. The van der Waals surface area contributed by atoms with Crippen molar-refractivity contribution in [2.75, 3.05) is 13.2 Å². The van der Waals surface area contributed by atoms with Crippen LogP contribution in [-0.4, -0.2) is 54.4 Å². The molecule has 0 saturated carbocycles. The summed E-state index contributed by atoms with van der Waals surface area (Å²) >= 11 is 0. The Hall–Kier alpha value is -3.42. The SMILES string of the molecule is CCCN[C@H]1COc2ccc(CNS(=O)(=O)c3cn(C)cn3)cc2[C@H]1Cc1ccccc1.O=C(O)C(F)(F)F. The summed E-state index contributed by atoms with van der Waals surface area (Å²) < 4.78 is 67.2. The molecule has 4 rings (SSSR count). The van der Waals surface area contributed by atoms with E-state index in [2.05, 4.69) is 52.3 Å². The number of carboxylic acids is 1. The van der Waals surface area contributed by atoms with Gasteiger partial charge < -0.3 is 19.7 Å². The molecule has 1 aliphatic heterocycles. The fourth-order valence-electron chi connectivity index (χ4n) is 4.07. The quantitative estimate of drug-likeness (QED) is 0.360. The molecular formula is C26H31F3N4O5S. The van der Waals surface area contributed by atoms with Gasteiger partial charge in [-0.3, -0.25) is 0 Å². The highest BCUT2D eigenvalue weighted by molar-refractivity contribution is 7.89. The first-order valence-electron chi connectivity index (χ1n) is 12.2. The number of nitrogens with zero attached hydrogens (tertiary/aromatic N) is 2. The minimum absolute atomic E-state index is 0.0204. The molecule has 39 heavy (non-hydrogen) atoms. The average Bonchev–Trinajstić information content (AvgIpc) is 3.35. The zero-order valence-corrected chi connectivity index (χ0v) is 22.3. The Morgan fingerprint density at radius 1 is 1.18 bits per heavy atom. The molecule has 0 fully saturated rings. The van der Waals surface area contributed by atoms with E-state index in [1.165, 1.54) is 18.1 Å². The van der Waals surface area contributed by atoms with Crippen LogP contribution in [0.4, 0.5) is 13.2 Å². The van der Waals surface area contributed by atoms with Crippen LogP contribution in [0.15, 0.2) is 66.1 Å². The van der Waals surface area contributed by atoms with E-state index in [1.807, 2.05) is 18.2 Å². The van der Waals surface area contributed by atoms with Crippen molar-refractivity contribution in [3.8, 4) is 5.75 Å². The lowest BCUT2D eigenvalue weighted by Crippen LogP contribution is -2.43. The van der Waals surface area contributed by atoms with Gasteiger partial charge in [0.2, 0.25) is 0 Å². The second-order valence-electron chi connectivity index (χ2n) is 9.04. The number of rotatable bonds is 9. The van der Waals surface area contributed by atoms with E-state index in [0.717, 1.165) is 36.3 Å². The first-order valence-corrected chi connectivity index (χ1v) is 13.7. The highest BCUT2D eigenvalue weighted by atomic mass is 32.2. The normalized spacial score (nSPS) is 16.9. The van der Waals surface area contributed by atoms with Crippen LogP contribution >= 0.6 is 0 Å². The van der Waals surface area contributed by atoms with Crippen LogP contribution in [0.5, 0.6) is 5.75 Å². The molecule has 0 saturated heterocycles. The van der Waals surface area contributed by atoms with E-state index >= 15 is 0 Å². The third-order valence-corrected chi connectivity index (χ3v) is 7.28. The van der Waals surface area contributed by atoms with Gasteiger partial charge in [0.05, 0.1) is 6.33 Å². The number of aryl methyl sites for hydroxylation is 1. The fraction of sp³-hybridized carbons (Fsp3) is 0.385. The first-order chi connectivity index (χ1) is 18.4. The van der Waals surface area contributed by atoms with Crippen LogP contribution in [0.2, 0.25) is 0 Å². The summed E-state index contributed by atoms with van der Waals surface area (Å²) in [6, 6.07) is 16.6. The third kappa shape index (κ3) is 8.53. The molecule has 0 radical (unpaired) electrons. The number of sulfonamides is 1. The monoisotopic (exact) mass is 568 g/mol. The molecule has 0 bridgehead atoms. The summed E-state index contributed by atoms with van der Waals surface area (Å²) in [4.78, 5) is 12.8. The van der Waals surface area contributed by atoms with Crippen molar-refractivity contribution in [3.63, 3.8) is 0 Å². The Kier molecular flexibility index (Phi) is 10.1. The maximum absolute atomic E-state index is 12.6. The number of ether oxygens (including phenoxy) is 1. The predicted molar refractivity (Wildman–Crippen MR) is 138 cm³/mol. The maximum Gasteiger partial charge on any atom is 0.490 e. The number of carbonyl (C=O) groups is 1. The van der Waals surface area contributed by atoms with Gasteiger partial charge in [-0.2, -0.15) is 13.2 Å². The molecule has 3 N–H and O–H groups in total. The van der Waals surface area contributed by atoms with Gasteiger partial charge in [0.15, 0.2) is 5.03 Å². The first kappa shape index (κ1) is 30.1. The van der Waals surface area contributed by atoms with Gasteiger partial charge in [0, 0.05) is 31.7 Å². The molecular weight excluding hydrogens is 537 g/mol. The lowest BCUT2D eigenvalue weighted by Gasteiger charge is -2.35. The largest absolute Gasteiger partial charge is 0.492 e. The van der Waals surface area contributed by atoms with Crippen molar-refractivity contribution in [1.82, 2.24) is 19.6 Å². The van der Waals surface area contributed by atoms with Gasteiger partial charge in [-0.15, -0.1) is 0 Å². The van der Waals surface area contributed by atoms with Crippen molar-refractivity contribution in [3.05, 3.63) is 77.7 Å². The molecule has 1 aromatic heterocycles. The molecule has 0 unspecified atom stereocenters. The topological polar surface area (TPSA) is 123 Å². The standard InChI is InChI=1S/C24H30N4O3S.C2HF3O2/c1-3-11-25-22-16-31-23-10-9-19(14-27-32(29,30)24-15-28(2)17-26-24)13-21(23)20(22)12-18-7-5-4-6-8-18;3-2(4,5)1(6)7/h4-10,13,15,17,20,22,25,27H,3,11-12,14,16H2,1-2H3;(H,6,7)/t20-,22+;/m1./s1. The smallest absolute Gasteiger partial charge is 0.490 e. The Labute approximate surface area is 225 Å². The zero-order chi connectivity index (χ0) is 28.6. The number of nitrogens with one attached hydrogen (secondary N) is 2. The van der Waals surface area contributed by atoms with Crippen LogP contribution in [0.1, 0.15) is 36.0 Å². The number of aliphatic carboxylic acids is 1. The Bertz CT molecular complexity index is 1350. The number of imidazole rings is 1. The lowest BCUT2D eigenvalue weighted by molar-refractivity contribution is -0.192. The summed E-state index contributed by atoms with van der Waals surface area (Å²) in [6.45, 7) is 3.90.